The van der Waals surface area contributed by atoms with E-state index in [0.29, 0.717) is 5.91 Å². The summed E-state index contributed by atoms with van der Waals surface area (Å²) >= 11 is 0. The van der Waals surface area contributed by atoms with Gasteiger partial charge in [-0.2, -0.15) is 0 Å². The molecule has 1 aliphatic rings. The SMILES string of the molecule is CCCCCCCCCCCC(=O)N1CC(N)(CC)C1. The molecule has 0 saturated carbocycles. The van der Waals surface area contributed by atoms with Crippen molar-refractivity contribution in [2.75, 3.05) is 13.1 Å². The lowest BCUT2D eigenvalue weighted by atomic mass is 9.88. The van der Waals surface area contributed by atoms with Crippen LogP contribution in [0.15, 0.2) is 0 Å². The molecule has 0 radical (unpaired) electrons. The van der Waals surface area contributed by atoms with Crippen LogP contribution in [0.2, 0.25) is 0 Å². The van der Waals surface area contributed by atoms with Crippen LogP contribution in [-0.2, 0) is 4.79 Å². The third kappa shape index (κ3) is 6.25. The largest absolute Gasteiger partial charge is 0.339 e. The Morgan fingerprint density at radius 3 is 1.95 bits per heavy atom. The number of amides is 1. The lowest BCUT2D eigenvalue weighted by Gasteiger charge is -2.47. The summed E-state index contributed by atoms with van der Waals surface area (Å²) in [7, 11) is 0. The van der Waals surface area contributed by atoms with Crippen LogP contribution in [0, 0.1) is 0 Å². The second kappa shape index (κ2) is 9.38. The maximum Gasteiger partial charge on any atom is 0.222 e. The van der Waals surface area contributed by atoms with E-state index in [-0.39, 0.29) is 5.54 Å². The van der Waals surface area contributed by atoms with Crippen molar-refractivity contribution < 1.29 is 4.79 Å². The van der Waals surface area contributed by atoms with E-state index in [2.05, 4.69) is 13.8 Å². The number of likely N-dealkylation sites (tertiary alicyclic amines) is 1. The fourth-order valence-corrected chi connectivity index (χ4v) is 2.86. The topological polar surface area (TPSA) is 46.3 Å². The van der Waals surface area contributed by atoms with Crippen molar-refractivity contribution in [3.8, 4) is 0 Å². The summed E-state index contributed by atoms with van der Waals surface area (Å²) in [4.78, 5) is 13.8. The van der Waals surface area contributed by atoms with Gasteiger partial charge in [0.25, 0.3) is 0 Å². The smallest absolute Gasteiger partial charge is 0.222 e. The normalized spacial score (nSPS) is 17.1. The third-order valence-corrected chi connectivity index (χ3v) is 4.56. The van der Waals surface area contributed by atoms with Gasteiger partial charge in [0, 0.05) is 19.5 Å². The van der Waals surface area contributed by atoms with Crippen LogP contribution in [0.5, 0.6) is 0 Å². The quantitative estimate of drug-likeness (QED) is 0.585. The Bertz CT molecular complexity index is 272. The third-order valence-electron chi connectivity index (χ3n) is 4.56. The number of hydrogen-bond acceptors (Lipinski definition) is 2. The number of nitrogens with zero attached hydrogens (tertiary/aromatic N) is 1. The summed E-state index contributed by atoms with van der Waals surface area (Å²) in [5.74, 6) is 0.308. The number of hydrogen-bond donors (Lipinski definition) is 1. The summed E-state index contributed by atoms with van der Waals surface area (Å²) in [6, 6.07) is 0. The van der Waals surface area contributed by atoms with Gasteiger partial charge in [-0.05, 0) is 12.8 Å². The Labute approximate surface area is 125 Å². The molecule has 1 amide bonds. The van der Waals surface area contributed by atoms with Gasteiger partial charge in [-0.25, -0.2) is 0 Å². The van der Waals surface area contributed by atoms with Gasteiger partial charge in [-0.15, -0.1) is 0 Å². The monoisotopic (exact) mass is 282 g/mol. The molecule has 1 fully saturated rings. The van der Waals surface area contributed by atoms with E-state index in [0.717, 1.165) is 32.4 Å². The molecule has 2 N–H and O–H groups in total. The van der Waals surface area contributed by atoms with Crippen LogP contribution in [0.3, 0.4) is 0 Å². The van der Waals surface area contributed by atoms with Crippen molar-refractivity contribution in [1.29, 1.82) is 0 Å². The van der Waals surface area contributed by atoms with Crippen LogP contribution < -0.4 is 5.73 Å². The summed E-state index contributed by atoms with van der Waals surface area (Å²) in [5, 5.41) is 0. The number of unbranched alkanes of at least 4 members (excludes halogenated alkanes) is 8. The molecule has 3 heteroatoms. The molecule has 0 unspecified atom stereocenters. The highest BCUT2D eigenvalue weighted by molar-refractivity contribution is 5.77. The zero-order chi connectivity index (χ0) is 14.8. The minimum atomic E-state index is -0.0891. The van der Waals surface area contributed by atoms with E-state index < -0.39 is 0 Å². The van der Waals surface area contributed by atoms with Gasteiger partial charge in [0.2, 0.25) is 5.91 Å². The Kier molecular flexibility index (Phi) is 8.20. The van der Waals surface area contributed by atoms with E-state index in [1.54, 1.807) is 0 Å². The summed E-state index contributed by atoms with van der Waals surface area (Å²) in [5.41, 5.74) is 5.99. The molecule has 0 aromatic rings. The predicted octanol–water partition coefficient (Wildman–Crippen LogP) is 3.86. The molecule has 0 spiro atoms. The highest BCUT2D eigenvalue weighted by atomic mass is 16.2. The van der Waals surface area contributed by atoms with Crippen molar-refractivity contribution >= 4 is 5.91 Å². The standard InChI is InChI=1S/C17H34N2O/c1-3-5-6-7-8-9-10-11-12-13-16(20)19-14-17(18,4-2)15-19/h3-15,18H2,1-2H3. The maximum absolute atomic E-state index is 11.9. The van der Waals surface area contributed by atoms with E-state index in [4.69, 9.17) is 5.73 Å². The second-order valence-electron chi connectivity index (χ2n) is 6.54. The minimum absolute atomic E-state index is 0.0891. The number of carbonyl (C=O) groups is 1. The lowest BCUT2D eigenvalue weighted by molar-refractivity contribution is -0.138. The predicted molar refractivity (Wildman–Crippen MR) is 85.6 cm³/mol. The van der Waals surface area contributed by atoms with E-state index in [1.807, 2.05) is 4.90 Å². The molecule has 1 heterocycles. The number of rotatable bonds is 11. The van der Waals surface area contributed by atoms with Crippen LogP contribution in [-0.4, -0.2) is 29.4 Å². The van der Waals surface area contributed by atoms with Crippen LogP contribution >= 0.6 is 0 Å². The van der Waals surface area contributed by atoms with Crippen molar-refractivity contribution in [2.24, 2.45) is 5.73 Å². The zero-order valence-corrected chi connectivity index (χ0v) is 13.6. The Hall–Kier alpha value is -0.570. The first-order valence-electron chi connectivity index (χ1n) is 8.68. The summed E-state index contributed by atoms with van der Waals surface area (Å²) in [6.07, 6.45) is 13.4. The molecule has 0 bridgehead atoms. The first kappa shape index (κ1) is 17.5. The number of nitrogens with two attached hydrogens (primary N) is 1. The fourth-order valence-electron chi connectivity index (χ4n) is 2.86. The highest BCUT2D eigenvalue weighted by Gasteiger charge is 2.39. The molecule has 20 heavy (non-hydrogen) atoms. The van der Waals surface area contributed by atoms with Gasteiger partial charge < -0.3 is 10.6 Å². The highest BCUT2D eigenvalue weighted by Crippen LogP contribution is 2.22. The molecule has 0 aliphatic carbocycles. The molecule has 0 aromatic heterocycles. The zero-order valence-electron chi connectivity index (χ0n) is 13.6. The van der Waals surface area contributed by atoms with Crippen molar-refractivity contribution in [3.05, 3.63) is 0 Å². The molecular weight excluding hydrogens is 248 g/mol. The molecule has 0 atom stereocenters. The Balaban J connectivity index is 1.88. The molecule has 1 saturated heterocycles. The molecule has 1 rings (SSSR count). The molecule has 0 aromatic carbocycles. The molecule has 118 valence electrons. The van der Waals surface area contributed by atoms with E-state index in [9.17, 15) is 4.79 Å². The summed E-state index contributed by atoms with van der Waals surface area (Å²) in [6.45, 7) is 5.88. The van der Waals surface area contributed by atoms with Gasteiger partial charge in [0.15, 0.2) is 0 Å². The van der Waals surface area contributed by atoms with Crippen molar-refractivity contribution in [3.63, 3.8) is 0 Å². The summed E-state index contributed by atoms with van der Waals surface area (Å²) < 4.78 is 0. The van der Waals surface area contributed by atoms with Gasteiger partial charge in [-0.3, -0.25) is 4.79 Å². The van der Waals surface area contributed by atoms with Gasteiger partial charge in [0.1, 0.15) is 0 Å². The van der Waals surface area contributed by atoms with Gasteiger partial charge in [0.05, 0.1) is 5.54 Å². The fraction of sp³-hybridized carbons (Fsp3) is 0.941. The van der Waals surface area contributed by atoms with Crippen molar-refractivity contribution in [1.82, 2.24) is 4.90 Å². The number of carbonyl (C=O) groups excluding carboxylic acids is 1. The molecule has 1 aliphatic heterocycles. The van der Waals surface area contributed by atoms with E-state index in [1.165, 1.54) is 51.4 Å². The first-order chi connectivity index (χ1) is 9.61. The first-order valence-corrected chi connectivity index (χ1v) is 8.68. The lowest BCUT2D eigenvalue weighted by Crippen LogP contribution is -2.68. The molecular formula is C17H34N2O. The second-order valence-corrected chi connectivity index (χ2v) is 6.54. The van der Waals surface area contributed by atoms with Crippen LogP contribution in [0.4, 0.5) is 0 Å². The minimum Gasteiger partial charge on any atom is -0.339 e. The Morgan fingerprint density at radius 1 is 0.950 bits per heavy atom. The molecule has 3 nitrogen and oxygen atoms in total. The van der Waals surface area contributed by atoms with Crippen LogP contribution in [0.25, 0.3) is 0 Å². The average Bonchev–Trinajstić information content (AvgIpc) is 2.41. The average molecular weight is 282 g/mol. The maximum atomic E-state index is 11.9. The van der Waals surface area contributed by atoms with Gasteiger partial charge >= 0.3 is 0 Å². The van der Waals surface area contributed by atoms with Crippen molar-refractivity contribution in [2.45, 2.75) is 90.0 Å². The van der Waals surface area contributed by atoms with Crippen LogP contribution in [0.1, 0.15) is 84.5 Å². The van der Waals surface area contributed by atoms with Gasteiger partial charge in [-0.1, -0.05) is 65.2 Å². The van der Waals surface area contributed by atoms with E-state index >= 15 is 0 Å². The Morgan fingerprint density at radius 2 is 1.45 bits per heavy atom.